The van der Waals surface area contributed by atoms with Crippen LogP contribution < -0.4 is 10.6 Å². The van der Waals surface area contributed by atoms with Crippen molar-refractivity contribution in [1.82, 2.24) is 15.7 Å². The van der Waals surface area contributed by atoms with Crippen LogP contribution in [0.2, 0.25) is 0 Å². The number of aliphatic hydroxyl groups excluding tert-OH is 2. The number of nitrogens with zero attached hydrogens (tertiary/aromatic N) is 1. The maximum atomic E-state index is 13.3. The van der Waals surface area contributed by atoms with E-state index in [0.717, 1.165) is 37.6 Å². The summed E-state index contributed by atoms with van der Waals surface area (Å²) in [7, 11) is 0. The van der Waals surface area contributed by atoms with Gasteiger partial charge in [0, 0.05) is 25.0 Å². The van der Waals surface area contributed by atoms with Crippen LogP contribution in [-0.4, -0.2) is 71.7 Å². The average molecular weight is 536 g/mol. The zero-order chi connectivity index (χ0) is 26.7. The van der Waals surface area contributed by atoms with Crippen molar-refractivity contribution in [2.24, 2.45) is 23.7 Å². The summed E-state index contributed by atoms with van der Waals surface area (Å²) >= 11 is 0. The number of hydrogen-bond acceptors (Lipinski definition) is 6. The topological polar surface area (TPSA) is 94.1 Å². The molecule has 1 amide bonds. The fourth-order valence-electron chi connectivity index (χ4n) is 7.98. The number of nitrogens with one attached hydrogen (secondary N) is 2. The minimum absolute atomic E-state index is 0.0685. The highest BCUT2D eigenvalue weighted by molar-refractivity contribution is 5.82. The molecule has 0 aromatic heterocycles. The predicted octanol–water partition coefficient (Wildman–Crippen LogP) is 4.56. The fourth-order valence-corrected chi connectivity index (χ4v) is 7.98. The molecule has 2 aliphatic heterocycles. The van der Waals surface area contributed by atoms with Gasteiger partial charge in [-0.3, -0.25) is 9.63 Å². The first-order chi connectivity index (χ1) is 18.6. The standard InChI is InChI=1S/C31H57N3O4/c1-23(36)30-27(22-35)29(31(37)32-19-18-25-21-33-28-17-11-10-16-26(25)28)34(38-30)20-12-5-3-2-4-7-13-24-14-8-6-9-15-24/h23-30,33,35-36H,2-22H2,1H3,(H,32,37)/t23-,25?,26?,27-,28?,29-,30-/m1/s1. The minimum Gasteiger partial charge on any atom is -0.396 e. The second kappa shape index (κ2) is 15.9. The van der Waals surface area contributed by atoms with E-state index >= 15 is 0 Å². The molecule has 7 atom stereocenters. The monoisotopic (exact) mass is 535 g/mol. The molecule has 220 valence electrons. The van der Waals surface area contributed by atoms with Crippen LogP contribution in [0.1, 0.15) is 116 Å². The summed E-state index contributed by atoms with van der Waals surface area (Å²) in [6.45, 7) is 3.91. The summed E-state index contributed by atoms with van der Waals surface area (Å²) in [5.41, 5.74) is 0. The van der Waals surface area contributed by atoms with Gasteiger partial charge in [0.05, 0.1) is 12.7 Å². The maximum Gasteiger partial charge on any atom is 0.240 e. The van der Waals surface area contributed by atoms with E-state index in [4.69, 9.17) is 4.84 Å². The first-order valence-electron chi connectivity index (χ1n) is 16.3. The molecule has 0 radical (unpaired) electrons. The maximum absolute atomic E-state index is 13.3. The Morgan fingerprint density at radius 3 is 2.45 bits per heavy atom. The number of unbranched alkanes of at least 4 members (excludes halogenated alkanes) is 5. The number of carbonyl (C=O) groups is 1. The molecule has 38 heavy (non-hydrogen) atoms. The third kappa shape index (κ3) is 8.39. The smallest absolute Gasteiger partial charge is 0.240 e. The van der Waals surface area contributed by atoms with E-state index in [9.17, 15) is 15.0 Å². The lowest BCUT2D eigenvalue weighted by Crippen LogP contribution is -2.48. The Labute approximate surface area is 231 Å². The van der Waals surface area contributed by atoms with Gasteiger partial charge in [-0.05, 0) is 56.9 Å². The lowest BCUT2D eigenvalue weighted by Gasteiger charge is -2.29. The fraction of sp³-hybridized carbons (Fsp3) is 0.968. The van der Waals surface area contributed by atoms with Crippen LogP contribution >= 0.6 is 0 Å². The first kappa shape index (κ1) is 30.2. The summed E-state index contributed by atoms with van der Waals surface area (Å²) < 4.78 is 0. The summed E-state index contributed by atoms with van der Waals surface area (Å²) in [6, 6.07) is 0.129. The molecule has 0 aromatic carbocycles. The molecular weight excluding hydrogens is 478 g/mol. The van der Waals surface area contributed by atoms with Crippen LogP contribution in [0.15, 0.2) is 0 Å². The quantitative estimate of drug-likeness (QED) is 0.230. The Balaban J connectivity index is 1.17. The molecule has 2 heterocycles. The van der Waals surface area contributed by atoms with Crippen LogP contribution in [0.4, 0.5) is 0 Å². The number of amides is 1. The van der Waals surface area contributed by atoms with E-state index in [1.807, 2.05) is 0 Å². The van der Waals surface area contributed by atoms with Gasteiger partial charge >= 0.3 is 0 Å². The highest BCUT2D eigenvalue weighted by atomic mass is 16.7. The number of fused-ring (bicyclic) bond motifs is 1. The number of carbonyl (C=O) groups excluding carboxylic acids is 1. The van der Waals surface area contributed by atoms with Gasteiger partial charge in [-0.25, -0.2) is 0 Å². The zero-order valence-corrected chi connectivity index (χ0v) is 24.1. The molecule has 4 aliphatic rings. The first-order valence-corrected chi connectivity index (χ1v) is 16.3. The van der Waals surface area contributed by atoms with E-state index < -0.39 is 24.2 Å². The van der Waals surface area contributed by atoms with Crippen LogP contribution in [0.5, 0.6) is 0 Å². The number of rotatable bonds is 15. The van der Waals surface area contributed by atoms with Crippen LogP contribution in [0.25, 0.3) is 0 Å². The van der Waals surface area contributed by atoms with Gasteiger partial charge in [0.15, 0.2) is 0 Å². The molecule has 4 fully saturated rings. The second-order valence-electron chi connectivity index (χ2n) is 13.0. The molecule has 2 saturated carbocycles. The van der Waals surface area contributed by atoms with Crippen molar-refractivity contribution >= 4 is 5.91 Å². The molecule has 4 N–H and O–H groups in total. The Morgan fingerprint density at radius 2 is 1.68 bits per heavy atom. The zero-order valence-electron chi connectivity index (χ0n) is 24.1. The SMILES string of the molecule is C[C@@H](O)[C@H]1ON(CCCCCCCCC2CCCCC2)[C@@H](C(=O)NCCC2CNC3CCCCC23)[C@H]1CO. The molecule has 4 rings (SSSR count). The molecule has 0 spiro atoms. The van der Waals surface area contributed by atoms with Crippen LogP contribution in [-0.2, 0) is 9.63 Å². The molecule has 0 bridgehead atoms. The molecule has 0 aromatic rings. The van der Waals surface area contributed by atoms with Gasteiger partial charge in [-0.2, -0.15) is 5.06 Å². The third-order valence-corrected chi connectivity index (χ3v) is 10.2. The predicted molar refractivity (Wildman–Crippen MR) is 151 cm³/mol. The van der Waals surface area contributed by atoms with Crippen molar-refractivity contribution in [2.45, 2.75) is 140 Å². The Bertz CT molecular complexity index is 686. The Hall–Kier alpha value is -0.730. The Kier molecular flexibility index (Phi) is 12.7. The average Bonchev–Trinajstić information content (AvgIpc) is 3.52. The van der Waals surface area contributed by atoms with E-state index in [1.165, 1.54) is 89.9 Å². The van der Waals surface area contributed by atoms with Gasteiger partial charge in [0.1, 0.15) is 12.1 Å². The van der Waals surface area contributed by atoms with Crippen molar-refractivity contribution in [3.63, 3.8) is 0 Å². The molecule has 2 saturated heterocycles. The van der Waals surface area contributed by atoms with Crippen molar-refractivity contribution in [1.29, 1.82) is 0 Å². The second-order valence-corrected chi connectivity index (χ2v) is 13.0. The largest absolute Gasteiger partial charge is 0.396 e. The number of hydroxylamine groups is 2. The van der Waals surface area contributed by atoms with Gasteiger partial charge in [-0.15, -0.1) is 0 Å². The van der Waals surface area contributed by atoms with Crippen molar-refractivity contribution in [2.75, 3.05) is 26.2 Å². The van der Waals surface area contributed by atoms with Gasteiger partial charge in [-0.1, -0.05) is 83.5 Å². The summed E-state index contributed by atoms with van der Waals surface area (Å²) in [5, 5.41) is 29.1. The number of aliphatic hydroxyl groups is 2. The van der Waals surface area contributed by atoms with Gasteiger partial charge in [0.25, 0.3) is 0 Å². The molecule has 7 heteroatoms. The van der Waals surface area contributed by atoms with Gasteiger partial charge in [0.2, 0.25) is 5.91 Å². The molecule has 3 unspecified atom stereocenters. The van der Waals surface area contributed by atoms with E-state index in [2.05, 4.69) is 10.6 Å². The Morgan fingerprint density at radius 1 is 0.974 bits per heavy atom. The highest BCUT2D eigenvalue weighted by Crippen LogP contribution is 2.36. The summed E-state index contributed by atoms with van der Waals surface area (Å²) in [6.07, 6.45) is 20.9. The lowest BCUT2D eigenvalue weighted by molar-refractivity contribution is -0.187. The van der Waals surface area contributed by atoms with Crippen molar-refractivity contribution < 1.29 is 19.8 Å². The van der Waals surface area contributed by atoms with Crippen molar-refractivity contribution in [3.8, 4) is 0 Å². The third-order valence-electron chi connectivity index (χ3n) is 10.2. The summed E-state index contributed by atoms with van der Waals surface area (Å²) in [4.78, 5) is 19.4. The van der Waals surface area contributed by atoms with Gasteiger partial charge < -0.3 is 20.8 Å². The molecular formula is C31H57N3O4. The molecule has 2 aliphatic carbocycles. The normalized spacial score (nSPS) is 33.3. The molecule has 7 nitrogen and oxygen atoms in total. The van der Waals surface area contributed by atoms with E-state index in [1.54, 1.807) is 12.0 Å². The van der Waals surface area contributed by atoms with Crippen LogP contribution in [0, 0.1) is 23.7 Å². The van der Waals surface area contributed by atoms with E-state index in [-0.39, 0.29) is 12.5 Å². The lowest BCUT2D eigenvalue weighted by atomic mass is 9.79. The van der Waals surface area contributed by atoms with E-state index in [0.29, 0.717) is 25.0 Å². The van der Waals surface area contributed by atoms with Crippen molar-refractivity contribution in [3.05, 3.63) is 0 Å². The highest BCUT2D eigenvalue weighted by Gasteiger charge is 2.48. The summed E-state index contributed by atoms with van der Waals surface area (Å²) in [5.74, 6) is 1.90. The number of hydrogen-bond donors (Lipinski definition) is 4. The van der Waals surface area contributed by atoms with Crippen LogP contribution in [0.3, 0.4) is 0 Å². The minimum atomic E-state index is -0.732.